The normalized spacial score (nSPS) is 11.4. The van der Waals surface area contributed by atoms with Crippen molar-refractivity contribution in [3.05, 3.63) is 17.3 Å². The Balaban J connectivity index is 2.28. The number of hydrogen-bond acceptors (Lipinski definition) is 5. The van der Waals surface area contributed by atoms with E-state index in [1.807, 2.05) is 0 Å². The van der Waals surface area contributed by atoms with Crippen LogP contribution in [0.25, 0.3) is 10.2 Å². The van der Waals surface area contributed by atoms with E-state index in [-0.39, 0.29) is 0 Å². The lowest BCUT2D eigenvalue weighted by Crippen LogP contribution is -2.23. The Hall–Kier alpha value is -1.20. The van der Waals surface area contributed by atoms with Gasteiger partial charge in [-0.3, -0.25) is 4.90 Å². The second-order valence-electron chi connectivity index (χ2n) is 4.52. The number of anilines is 1. The van der Waals surface area contributed by atoms with Gasteiger partial charge in [-0.1, -0.05) is 20.8 Å². The van der Waals surface area contributed by atoms with Crippen molar-refractivity contribution in [2.45, 2.75) is 33.7 Å². The van der Waals surface area contributed by atoms with E-state index in [4.69, 9.17) is 0 Å². The maximum atomic E-state index is 4.69. The monoisotopic (exact) mass is 278 g/mol. The molecule has 19 heavy (non-hydrogen) atoms. The Morgan fingerprint density at radius 3 is 2.68 bits per heavy atom. The molecule has 4 nitrogen and oxygen atoms in total. The summed E-state index contributed by atoms with van der Waals surface area (Å²) in [4.78, 5) is 12.8. The Morgan fingerprint density at radius 2 is 2.00 bits per heavy atom. The number of hydrogen-bond donors (Lipinski definition) is 1. The summed E-state index contributed by atoms with van der Waals surface area (Å²) < 4.78 is 0. The molecule has 0 bridgehead atoms. The fourth-order valence-corrected chi connectivity index (χ4v) is 2.78. The number of fused-ring (bicyclic) bond motifs is 1. The lowest BCUT2D eigenvalue weighted by atomic mass is 10.3. The van der Waals surface area contributed by atoms with E-state index in [2.05, 4.69) is 52.4 Å². The minimum Gasteiger partial charge on any atom is -0.369 e. The molecule has 0 amide bonds. The Kier molecular flexibility index (Phi) is 5.10. The van der Waals surface area contributed by atoms with Crippen LogP contribution in [0.2, 0.25) is 0 Å². The first-order valence-corrected chi connectivity index (χ1v) is 7.86. The van der Waals surface area contributed by atoms with Crippen LogP contribution < -0.4 is 5.32 Å². The lowest BCUT2D eigenvalue weighted by molar-refractivity contribution is 0.289. The highest BCUT2D eigenvalue weighted by Crippen LogP contribution is 2.25. The molecule has 0 aliphatic heterocycles. The van der Waals surface area contributed by atoms with E-state index in [0.717, 1.165) is 54.5 Å². The number of thiophene rings is 1. The first-order chi connectivity index (χ1) is 9.28. The third kappa shape index (κ3) is 3.42. The van der Waals surface area contributed by atoms with Crippen molar-refractivity contribution in [3.63, 3.8) is 0 Å². The van der Waals surface area contributed by atoms with E-state index in [1.54, 1.807) is 11.3 Å². The molecule has 104 valence electrons. The van der Waals surface area contributed by atoms with Crippen LogP contribution in [0.3, 0.4) is 0 Å². The molecule has 2 aromatic heterocycles. The first-order valence-electron chi connectivity index (χ1n) is 6.98. The van der Waals surface area contributed by atoms with Crippen LogP contribution >= 0.6 is 11.3 Å². The average Bonchev–Trinajstić information content (AvgIpc) is 2.90. The highest BCUT2D eigenvalue weighted by Gasteiger charge is 2.10. The maximum Gasteiger partial charge on any atom is 0.146 e. The van der Waals surface area contributed by atoms with Gasteiger partial charge in [-0.2, -0.15) is 0 Å². The molecule has 0 spiro atoms. The third-order valence-corrected chi connectivity index (χ3v) is 3.98. The minimum atomic E-state index is 0.821. The van der Waals surface area contributed by atoms with E-state index in [1.165, 1.54) is 0 Å². The summed E-state index contributed by atoms with van der Waals surface area (Å²) >= 11 is 1.68. The quantitative estimate of drug-likeness (QED) is 0.843. The molecule has 0 aliphatic carbocycles. The van der Waals surface area contributed by atoms with Crippen LogP contribution in [0, 0.1) is 0 Å². The van der Waals surface area contributed by atoms with Crippen molar-refractivity contribution in [1.82, 2.24) is 14.9 Å². The van der Waals surface area contributed by atoms with Crippen LogP contribution in [-0.2, 0) is 6.54 Å². The van der Waals surface area contributed by atoms with E-state index < -0.39 is 0 Å². The molecule has 0 aromatic carbocycles. The van der Waals surface area contributed by atoms with Crippen LogP contribution in [0.15, 0.2) is 11.4 Å². The highest BCUT2D eigenvalue weighted by molar-refractivity contribution is 7.16. The van der Waals surface area contributed by atoms with Crippen LogP contribution in [0.5, 0.6) is 0 Å². The van der Waals surface area contributed by atoms with Crippen molar-refractivity contribution < 1.29 is 0 Å². The number of rotatable bonds is 7. The van der Waals surface area contributed by atoms with E-state index >= 15 is 0 Å². The van der Waals surface area contributed by atoms with Gasteiger partial charge in [0.1, 0.15) is 16.5 Å². The summed E-state index contributed by atoms with van der Waals surface area (Å²) in [5.41, 5.74) is 0. The molecule has 0 atom stereocenters. The van der Waals surface area contributed by atoms with Gasteiger partial charge >= 0.3 is 0 Å². The van der Waals surface area contributed by atoms with Gasteiger partial charge in [-0.05, 0) is 31.0 Å². The summed E-state index contributed by atoms with van der Waals surface area (Å²) in [5.74, 6) is 1.90. The zero-order valence-electron chi connectivity index (χ0n) is 11.9. The molecule has 0 aliphatic rings. The summed E-state index contributed by atoms with van der Waals surface area (Å²) in [6.07, 6.45) is 1.10. The van der Waals surface area contributed by atoms with Gasteiger partial charge in [0.25, 0.3) is 0 Å². The molecular weight excluding hydrogens is 256 g/mol. The summed E-state index contributed by atoms with van der Waals surface area (Å²) in [6.45, 7) is 10.3. The van der Waals surface area contributed by atoms with E-state index in [9.17, 15) is 0 Å². The highest BCUT2D eigenvalue weighted by atomic mass is 32.1. The predicted octanol–water partition coefficient (Wildman–Crippen LogP) is 3.36. The zero-order valence-corrected chi connectivity index (χ0v) is 12.8. The van der Waals surface area contributed by atoms with Crippen molar-refractivity contribution in [3.8, 4) is 0 Å². The number of aromatic nitrogens is 2. The zero-order chi connectivity index (χ0) is 13.7. The Labute approximate surface area is 118 Å². The van der Waals surface area contributed by atoms with Gasteiger partial charge < -0.3 is 5.32 Å². The summed E-state index contributed by atoms with van der Waals surface area (Å²) in [7, 11) is 0. The third-order valence-electron chi connectivity index (χ3n) is 3.17. The first kappa shape index (κ1) is 14.2. The molecule has 2 aromatic rings. The van der Waals surface area contributed by atoms with Crippen molar-refractivity contribution >= 4 is 27.4 Å². The molecule has 1 N–H and O–H groups in total. The molecule has 2 rings (SSSR count). The largest absolute Gasteiger partial charge is 0.369 e. The van der Waals surface area contributed by atoms with Gasteiger partial charge in [0.05, 0.1) is 11.9 Å². The second-order valence-corrected chi connectivity index (χ2v) is 5.41. The fraction of sp³-hybridized carbons (Fsp3) is 0.571. The predicted molar refractivity (Wildman–Crippen MR) is 82.8 cm³/mol. The molecule has 0 saturated carbocycles. The smallest absolute Gasteiger partial charge is 0.146 e. The van der Waals surface area contributed by atoms with Crippen molar-refractivity contribution in [2.75, 3.05) is 25.0 Å². The second kappa shape index (κ2) is 6.82. The Morgan fingerprint density at radius 1 is 1.21 bits per heavy atom. The van der Waals surface area contributed by atoms with Gasteiger partial charge in [-0.25, -0.2) is 9.97 Å². The molecule has 0 radical (unpaired) electrons. The van der Waals surface area contributed by atoms with Gasteiger partial charge in [0.2, 0.25) is 0 Å². The minimum absolute atomic E-state index is 0.821. The molecule has 5 heteroatoms. The maximum absolute atomic E-state index is 4.69. The van der Waals surface area contributed by atoms with Crippen LogP contribution in [0.1, 0.15) is 33.0 Å². The summed E-state index contributed by atoms with van der Waals surface area (Å²) in [6, 6.07) is 2.10. The van der Waals surface area contributed by atoms with Crippen molar-refractivity contribution in [1.29, 1.82) is 0 Å². The van der Waals surface area contributed by atoms with Gasteiger partial charge in [-0.15, -0.1) is 11.3 Å². The molecule has 2 heterocycles. The average molecular weight is 278 g/mol. The Bertz CT molecular complexity index is 519. The van der Waals surface area contributed by atoms with Crippen LogP contribution in [0.4, 0.5) is 5.82 Å². The molecule has 0 unspecified atom stereocenters. The van der Waals surface area contributed by atoms with Gasteiger partial charge in [0, 0.05) is 6.54 Å². The topological polar surface area (TPSA) is 41.1 Å². The summed E-state index contributed by atoms with van der Waals surface area (Å²) in [5, 5.41) is 6.63. The van der Waals surface area contributed by atoms with Gasteiger partial charge in [0.15, 0.2) is 0 Å². The SMILES string of the molecule is CCCNc1nc(CN(CC)CC)nc2sccc12. The van der Waals surface area contributed by atoms with Crippen LogP contribution in [-0.4, -0.2) is 34.5 Å². The number of nitrogens with one attached hydrogen (secondary N) is 1. The molecular formula is C14H22N4S. The number of nitrogens with zero attached hydrogens (tertiary/aromatic N) is 3. The fourth-order valence-electron chi connectivity index (χ4n) is 2.00. The van der Waals surface area contributed by atoms with E-state index in [0.29, 0.717) is 0 Å². The standard InChI is InChI=1S/C14H22N4S/c1-4-8-15-13-11-7-9-19-14(11)17-12(16-13)10-18(5-2)6-3/h7,9H,4-6,8,10H2,1-3H3,(H,15,16,17). The molecule has 0 saturated heterocycles. The lowest BCUT2D eigenvalue weighted by Gasteiger charge is -2.17. The van der Waals surface area contributed by atoms with Crippen molar-refractivity contribution in [2.24, 2.45) is 0 Å². The molecule has 0 fully saturated rings.